The lowest BCUT2D eigenvalue weighted by Crippen LogP contribution is -2.29. The van der Waals surface area contributed by atoms with Gasteiger partial charge in [0, 0.05) is 6.04 Å². The van der Waals surface area contributed by atoms with Gasteiger partial charge >= 0.3 is 0 Å². The number of hydrogen-bond donors (Lipinski definition) is 1. The van der Waals surface area contributed by atoms with E-state index >= 15 is 0 Å². The lowest BCUT2D eigenvalue weighted by Gasteiger charge is -2.35. The molecule has 4 atom stereocenters. The first-order valence-electron chi connectivity index (χ1n) is 7.58. The maximum Gasteiger partial charge on any atom is 0.00697 e. The van der Waals surface area contributed by atoms with Gasteiger partial charge in [-0.15, -0.1) is 0 Å². The molecule has 2 fully saturated rings. The van der Waals surface area contributed by atoms with Gasteiger partial charge in [-0.05, 0) is 50.0 Å². The van der Waals surface area contributed by atoms with Gasteiger partial charge < -0.3 is 5.32 Å². The molecule has 1 N–H and O–H groups in total. The number of hydrogen-bond acceptors (Lipinski definition) is 1. The largest absolute Gasteiger partial charge is 0.314 e. The zero-order valence-corrected chi connectivity index (χ0v) is 11.2. The quantitative estimate of drug-likeness (QED) is 0.760. The zero-order chi connectivity index (χ0) is 11.4. The van der Waals surface area contributed by atoms with Crippen molar-refractivity contribution in [2.24, 2.45) is 17.8 Å². The second-order valence-electron chi connectivity index (χ2n) is 5.94. The van der Waals surface area contributed by atoms with E-state index in [1.54, 1.807) is 0 Å². The zero-order valence-electron chi connectivity index (χ0n) is 11.2. The Bertz CT molecular complexity index is 202. The van der Waals surface area contributed by atoms with E-state index in [1.807, 2.05) is 0 Å². The SMILES string of the molecule is CCNC1CCC(C2CCCCC2CC)C1. The van der Waals surface area contributed by atoms with Crippen molar-refractivity contribution in [3.63, 3.8) is 0 Å². The van der Waals surface area contributed by atoms with Gasteiger partial charge in [-0.25, -0.2) is 0 Å². The fourth-order valence-corrected chi connectivity index (χ4v) is 4.24. The summed E-state index contributed by atoms with van der Waals surface area (Å²) in [7, 11) is 0. The topological polar surface area (TPSA) is 12.0 Å². The highest BCUT2D eigenvalue weighted by Crippen LogP contribution is 2.43. The van der Waals surface area contributed by atoms with Crippen LogP contribution in [0.25, 0.3) is 0 Å². The highest BCUT2D eigenvalue weighted by Gasteiger charge is 2.35. The molecule has 0 spiro atoms. The van der Waals surface area contributed by atoms with Crippen molar-refractivity contribution in [1.82, 2.24) is 5.32 Å². The van der Waals surface area contributed by atoms with Gasteiger partial charge in [0.1, 0.15) is 0 Å². The van der Waals surface area contributed by atoms with E-state index in [0.717, 1.165) is 30.3 Å². The van der Waals surface area contributed by atoms with Crippen LogP contribution in [0.4, 0.5) is 0 Å². The molecule has 2 aliphatic carbocycles. The van der Waals surface area contributed by atoms with Gasteiger partial charge in [-0.3, -0.25) is 0 Å². The van der Waals surface area contributed by atoms with Gasteiger partial charge in [0.25, 0.3) is 0 Å². The van der Waals surface area contributed by atoms with Crippen LogP contribution in [-0.2, 0) is 0 Å². The molecule has 1 nitrogen and oxygen atoms in total. The highest BCUT2D eigenvalue weighted by atomic mass is 14.9. The second kappa shape index (κ2) is 6.05. The Kier molecular flexibility index (Phi) is 4.69. The predicted octanol–water partition coefficient (Wildman–Crippen LogP) is 3.98. The summed E-state index contributed by atoms with van der Waals surface area (Å²) < 4.78 is 0. The maximum absolute atomic E-state index is 3.65. The number of rotatable bonds is 4. The van der Waals surface area contributed by atoms with Crippen molar-refractivity contribution in [2.45, 2.75) is 71.3 Å². The van der Waals surface area contributed by atoms with Crippen molar-refractivity contribution < 1.29 is 0 Å². The molecule has 16 heavy (non-hydrogen) atoms. The smallest absolute Gasteiger partial charge is 0.00697 e. The van der Waals surface area contributed by atoms with Crippen molar-refractivity contribution in [2.75, 3.05) is 6.54 Å². The Labute approximate surface area is 101 Å². The standard InChI is InChI=1S/C15H29N/c1-3-12-7-5-6-8-15(12)13-9-10-14(11-13)16-4-2/h12-16H,3-11H2,1-2H3. The molecule has 2 aliphatic rings. The van der Waals surface area contributed by atoms with Crippen LogP contribution >= 0.6 is 0 Å². The van der Waals surface area contributed by atoms with E-state index in [2.05, 4.69) is 19.2 Å². The van der Waals surface area contributed by atoms with Crippen molar-refractivity contribution in [3.8, 4) is 0 Å². The first-order valence-corrected chi connectivity index (χ1v) is 7.58. The highest BCUT2D eigenvalue weighted by molar-refractivity contribution is 4.88. The first-order chi connectivity index (χ1) is 7.85. The van der Waals surface area contributed by atoms with Crippen LogP contribution in [-0.4, -0.2) is 12.6 Å². The van der Waals surface area contributed by atoms with Crippen molar-refractivity contribution in [1.29, 1.82) is 0 Å². The molecular weight excluding hydrogens is 194 g/mol. The summed E-state index contributed by atoms with van der Waals surface area (Å²) in [6, 6.07) is 0.842. The molecule has 0 aromatic heterocycles. The summed E-state index contributed by atoms with van der Waals surface area (Å²) in [5.41, 5.74) is 0. The Morgan fingerprint density at radius 3 is 2.56 bits per heavy atom. The molecule has 0 amide bonds. The summed E-state index contributed by atoms with van der Waals surface area (Å²) in [4.78, 5) is 0. The summed E-state index contributed by atoms with van der Waals surface area (Å²) in [6.07, 6.45) is 11.9. The van der Waals surface area contributed by atoms with Crippen LogP contribution in [0, 0.1) is 17.8 Å². The van der Waals surface area contributed by atoms with Crippen LogP contribution in [0.2, 0.25) is 0 Å². The van der Waals surface area contributed by atoms with Crippen LogP contribution in [0.15, 0.2) is 0 Å². The second-order valence-corrected chi connectivity index (χ2v) is 5.94. The average molecular weight is 223 g/mol. The molecule has 0 saturated heterocycles. The molecule has 0 heterocycles. The molecule has 2 saturated carbocycles. The summed E-state index contributed by atoms with van der Waals surface area (Å²) in [5, 5.41) is 3.65. The maximum atomic E-state index is 3.65. The third kappa shape index (κ3) is 2.80. The predicted molar refractivity (Wildman–Crippen MR) is 70.5 cm³/mol. The van der Waals surface area contributed by atoms with E-state index in [-0.39, 0.29) is 0 Å². The third-order valence-electron chi connectivity index (χ3n) is 5.06. The molecule has 0 radical (unpaired) electrons. The summed E-state index contributed by atoms with van der Waals surface area (Å²) in [6.45, 7) is 5.79. The van der Waals surface area contributed by atoms with Crippen molar-refractivity contribution >= 4 is 0 Å². The van der Waals surface area contributed by atoms with Gasteiger partial charge in [0.05, 0.1) is 0 Å². The number of nitrogens with one attached hydrogen (secondary N) is 1. The average Bonchev–Trinajstić information content (AvgIpc) is 2.78. The van der Waals surface area contributed by atoms with Gasteiger partial charge in [0.15, 0.2) is 0 Å². The molecule has 2 rings (SSSR count). The molecule has 0 aromatic carbocycles. The monoisotopic (exact) mass is 223 g/mol. The molecular formula is C15H29N. The lowest BCUT2D eigenvalue weighted by molar-refractivity contribution is 0.156. The van der Waals surface area contributed by atoms with E-state index in [4.69, 9.17) is 0 Å². The minimum absolute atomic E-state index is 0.842. The molecule has 1 heteroatoms. The van der Waals surface area contributed by atoms with Gasteiger partial charge in [-0.1, -0.05) is 39.5 Å². The molecule has 94 valence electrons. The minimum atomic E-state index is 0.842. The van der Waals surface area contributed by atoms with E-state index in [9.17, 15) is 0 Å². The Morgan fingerprint density at radius 1 is 1.00 bits per heavy atom. The van der Waals surface area contributed by atoms with Crippen LogP contribution in [0.3, 0.4) is 0 Å². The Morgan fingerprint density at radius 2 is 1.81 bits per heavy atom. The van der Waals surface area contributed by atoms with Crippen molar-refractivity contribution in [3.05, 3.63) is 0 Å². The molecule has 0 bridgehead atoms. The van der Waals surface area contributed by atoms with Crippen LogP contribution < -0.4 is 5.32 Å². The molecule has 0 aliphatic heterocycles. The third-order valence-corrected chi connectivity index (χ3v) is 5.06. The van der Waals surface area contributed by atoms with E-state index in [1.165, 1.54) is 51.4 Å². The van der Waals surface area contributed by atoms with E-state index < -0.39 is 0 Å². The van der Waals surface area contributed by atoms with Gasteiger partial charge in [0.2, 0.25) is 0 Å². The fourth-order valence-electron chi connectivity index (χ4n) is 4.24. The molecule has 0 aromatic rings. The summed E-state index contributed by atoms with van der Waals surface area (Å²) in [5.74, 6) is 3.18. The Hall–Kier alpha value is -0.0400. The van der Waals surface area contributed by atoms with E-state index in [0.29, 0.717) is 0 Å². The Balaban J connectivity index is 1.86. The lowest BCUT2D eigenvalue weighted by atomic mass is 9.71. The normalized spacial score (nSPS) is 40.1. The summed E-state index contributed by atoms with van der Waals surface area (Å²) >= 11 is 0. The minimum Gasteiger partial charge on any atom is -0.314 e. The van der Waals surface area contributed by atoms with Crippen LogP contribution in [0.5, 0.6) is 0 Å². The fraction of sp³-hybridized carbons (Fsp3) is 1.00. The first kappa shape index (κ1) is 12.4. The molecule has 4 unspecified atom stereocenters. The van der Waals surface area contributed by atoms with Gasteiger partial charge in [-0.2, -0.15) is 0 Å². The van der Waals surface area contributed by atoms with Crippen LogP contribution in [0.1, 0.15) is 65.2 Å².